The van der Waals surface area contributed by atoms with E-state index in [-0.39, 0.29) is 18.1 Å². The summed E-state index contributed by atoms with van der Waals surface area (Å²) in [5, 5.41) is 11.2. The van der Waals surface area contributed by atoms with Crippen LogP contribution in [0.5, 0.6) is 0 Å². The van der Waals surface area contributed by atoms with Crippen molar-refractivity contribution in [2.24, 2.45) is 0 Å². The molecule has 0 unspecified atom stereocenters. The van der Waals surface area contributed by atoms with Gasteiger partial charge in [0.15, 0.2) is 5.76 Å². The molecule has 1 saturated heterocycles. The van der Waals surface area contributed by atoms with Gasteiger partial charge in [-0.15, -0.1) is 0 Å². The second kappa shape index (κ2) is 7.36. The summed E-state index contributed by atoms with van der Waals surface area (Å²) in [5.74, 6) is 0.780. The van der Waals surface area contributed by atoms with Gasteiger partial charge >= 0.3 is 6.03 Å². The zero-order valence-corrected chi connectivity index (χ0v) is 15.2. The van der Waals surface area contributed by atoms with Crippen molar-refractivity contribution in [3.8, 4) is 0 Å². The van der Waals surface area contributed by atoms with E-state index in [2.05, 4.69) is 32.2 Å². The monoisotopic (exact) mass is 348 g/mol. The van der Waals surface area contributed by atoms with Crippen molar-refractivity contribution in [1.82, 2.24) is 20.3 Å². The molecule has 24 heavy (non-hydrogen) atoms. The SMILES string of the molecule is Cc1cc([C@@H]2CCCN2C(=O)NC[C@@H](c2ccsc2)N(C)C)on1. The molecule has 0 aliphatic carbocycles. The van der Waals surface area contributed by atoms with Gasteiger partial charge in [0.2, 0.25) is 0 Å². The van der Waals surface area contributed by atoms with Crippen LogP contribution in [0, 0.1) is 6.92 Å². The third-order valence-electron chi connectivity index (χ3n) is 4.49. The molecule has 1 aliphatic rings. The van der Waals surface area contributed by atoms with Gasteiger partial charge < -0.3 is 19.6 Å². The number of amides is 2. The first-order valence-corrected chi connectivity index (χ1v) is 9.16. The van der Waals surface area contributed by atoms with Gasteiger partial charge in [-0.25, -0.2) is 4.79 Å². The highest BCUT2D eigenvalue weighted by Crippen LogP contribution is 2.32. The third-order valence-corrected chi connectivity index (χ3v) is 5.19. The molecule has 0 bridgehead atoms. The number of nitrogens with zero attached hydrogens (tertiary/aromatic N) is 3. The third kappa shape index (κ3) is 3.62. The normalized spacial score (nSPS) is 19.0. The number of carbonyl (C=O) groups excluding carboxylic acids is 1. The van der Waals surface area contributed by atoms with E-state index in [0.29, 0.717) is 6.54 Å². The van der Waals surface area contributed by atoms with Crippen molar-refractivity contribution >= 4 is 17.4 Å². The predicted molar refractivity (Wildman–Crippen MR) is 94.1 cm³/mol. The van der Waals surface area contributed by atoms with Crippen molar-refractivity contribution < 1.29 is 9.32 Å². The Kier molecular flexibility index (Phi) is 5.20. The van der Waals surface area contributed by atoms with E-state index in [1.165, 1.54) is 5.56 Å². The number of nitrogens with one attached hydrogen (secondary N) is 1. The molecule has 2 amide bonds. The summed E-state index contributed by atoms with van der Waals surface area (Å²) in [4.78, 5) is 16.7. The van der Waals surface area contributed by atoms with Gasteiger partial charge in [-0.1, -0.05) is 5.16 Å². The lowest BCUT2D eigenvalue weighted by Crippen LogP contribution is -2.42. The fourth-order valence-electron chi connectivity index (χ4n) is 3.19. The summed E-state index contributed by atoms with van der Waals surface area (Å²) in [6.45, 7) is 3.23. The summed E-state index contributed by atoms with van der Waals surface area (Å²) in [7, 11) is 4.06. The van der Waals surface area contributed by atoms with Crippen molar-refractivity contribution in [2.75, 3.05) is 27.2 Å². The van der Waals surface area contributed by atoms with Crippen LogP contribution in [0.1, 0.15) is 41.9 Å². The van der Waals surface area contributed by atoms with Crippen LogP contribution >= 0.6 is 11.3 Å². The van der Waals surface area contributed by atoms with Gasteiger partial charge in [-0.3, -0.25) is 0 Å². The zero-order valence-electron chi connectivity index (χ0n) is 14.4. The molecule has 6 nitrogen and oxygen atoms in total. The summed E-state index contributed by atoms with van der Waals surface area (Å²) in [5.41, 5.74) is 2.08. The molecule has 3 rings (SSSR count). The second-order valence-electron chi connectivity index (χ2n) is 6.44. The maximum Gasteiger partial charge on any atom is 0.318 e. The van der Waals surface area contributed by atoms with Crippen molar-refractivity contribution in [2.45, 2.75) is 31.8 Å². The van der Waals surface area contributed by atoms with Crippen LogP contribution in [0.3, 0.4) is 0 Å². The number of likely N-dealkylation sites (tertiary alicyclic amines) is 1. The van der Waals surface area contributed by atoms with E-state index in [9.17, 15) is 4.79 Å². The smallest absolute Gasteiger partial charge is 0.318 e. The van der Waals surface area contributed by atoms with Crippen LogP contribution in [0.15, 0.2) is 27.4 Å². The largest absolute Gasteiger partial charge is 0.359 e. The van der Waals surface area contributed by atoms with Gasteiger partial charge in [0.25, 0.3) is 0 Å². The fourth-order valence-corrected chi connectivity index (χ4v) is 3.90. The van der Waals surface area contributed by atoms with E-state index < -0.39 is 0 Å². The number of urea groups is 1. The average Bonchev–Trinajstić information content (AvgIpc) is 3.27. The number of likely N-dealkylation sites (N-methyl/N-ethyl adjacent to an activating group) is 1. The first-order valence-electron chi connectivity index (χ1n) is 8.22. The lowest BCUT2D eigenvalue weighted by molar-refractivity contribution is 0.178. The number of thiophene rings is 1. The Morgan fingerprint density at radius 3 is 3.04 bits per heavy atom. The Morgan fingerprint density at radius 2 is 2.42 bits per heavy atom. The maximum atomic E-state index is 12.7. The van der Waals surface area contributed by atoms with Crippen molar-refractivity contribution in [1.29, 1.82) is 0 Å². The molecule has 1 aliphatic heterocycles. The molecule has 2 aromatic heterocycles. The van der Waals surface area contributed by atoms with Gasteiger partial charge in [0.05, 0.1) is 17.8 Å². The van der Waals surface area contributed by atoms with E-state index >= 15 is 0 Å². The Bertz CT molecular complexity index is 668. The predicted octanol–water partition coefficient (Wildman–Crippen LogP) is 3.19. The highest BCUT2D eigenvalue weighted by Gasteiger charge is 2.33. The number of aryl methyl sites for hydroxylation is 1. The highest BCUT2D eigenvalue weighted by atomic mass is 32.1. The quantitative estimate of drug-likeness (QED) is 0.901. The van der Waals surface area contributed by atoms with Crippen LogP contribution in [-0.4, -0.2) is 48.2 Å². The molecule has 2 aromatic rings. The standard InChI is InChI=1S/C17H24N4O2S/c1-12-9-16(23-19-12)14-5-4-7-21(14)17(22)18-10-15(20(2)3)13-6-8-24-11-13/h6,8-9,11,14-15H,4-5,7,10H2,1-3H3,(H,18,22)/t14-,15-/m0/s1. The van der Waals surface area contributed by atoms with E-state index in [1.54, 1.807) is 11.3 Å². The summed E-state index contributed by atoms with van der Waals surface area (Å²) < 4.78 is 5.37. The molecule has 0 saturated carbocycles. The summed E-state index contributed by atoms with van der Waals surface area (Å²) in [6.07, 6.45) is 1.91. The number of aromatic nitrogens is 1. The van der Waals surface area contributed by atoms with Crippen LogP contribution in [0.2, 0.25) is 0 Å². The van der Waals surface area contributed by atoms with Gasteiger partial charge in [-0.05, 0) is 56.3 Å². The summed E-state index contributed by atoms with van der Waals surface area (Å²) >= 11 is 1.68. The molecule has 2 atom stereocenters. The average molecular weight is 348 g/mol. The van der Waals surface area contributed by atoms with Gasteiger partial charge in [0, 0.05) is 19.2 Å². The Labute approximate surface area is 146 Å². The molecule has 0 aromatic carbocycles. The van der Waals surface area contributed by atoms with Crippen LogP contribution in [0.25, 0.3) is 0 Å². The molecular weight excluding hydrogens is 324 g/mol. The maximum absolute atomic E-state index is 12.7. The van der Waals surface area contributed by atoms with Gasteiger partial charge in [-0.2, -0.15) is 11.3 Å². The first kappa shape index (κ1) is 17.0. The molecule has 0 radical (unpaired) electrons. The second-order valence-corrected chi connectivity index (χ2v) is 7.22. The van der Waals surface area contributed by atoms with Gasteiger partial charge in [0.1, 0.15) is 0 Å². The molecule has 130 valence electrons. The number of carbonyl (C=O) groups is 1. The minimum absolute atomic E-state index is 0.00912. The minimum Gasteiger partial charge on any atom is -0.359 e. The number of hydrogen-bond donors (Lipinski definition) is 1. The molecule has 1 fully saturated rings. The van der Waals surface area contributed by atoms with Crippen molar-refractivity contribution in [3.63, 3.8) is 0 Å². The first-order chi connectivity index (χ1) is 11.6. The Balaban J connectivity index is 1.63. The summed E-state index contributed by atoms with van der Waals surface area (Å²) in [6, 6.07) is 4.16. The van der Waals surface area contributed by atoms with Crippen LogP contribution in [-0.2, 0) is 0 Å². The van der Waals surface area contributed by atoms with Crippen LogP contribution in [0.4, 0.5) is 4.79 Å². The molecule has 7 heteroatoms. The molecule has 3 heterocycles. The lowest BCUT2D eigenvalue weighted by Gasteiger charge is -2.27. The Morgan fingerprint density at radius 1 is 1.58 bits per heavy atom. The molecule has 0 spiro atoms. The number of rotatable bonds is 5. The fraction of sp³-hybridized carbons (Fsp3) is 0.529. The Hall–Kier alpha value is -1.86. The minimum atomic E-state index is -0.0337. The lowest BCUT2D eigenvalue weighted by atomic mass is 10.1. The number of hydrogen-bond acceptors (Lipinski definition) is 5. The van der Waals surface area contributed by atoms with E-state index in [4.69, 9.17) is 4.52 Å². The van der Waals surface area contributed by atoms with E-state index in [0.717, 1.165) is 30.8 Å². The topological polar surface area (TPSA) is 61.6 Å². The van der Waals surface area contributed by atoms with E-state index in [1.807, 2.05) is 32.0 Å². The highest BCUT2D eigenvalue weighted by molar-refractivity contribution is 7.07. The zero-order chi connectivity index (χ0) is 17.1. The molecular formula is C17H24N4O2S. The molecule has 1 N–H and O–H groups in total. The van der Waals surface area contributed by atoms with Crippen LogP contribution < -0.4 is 5.32 Å². The van der Waals surface area contributed by atoms with Crippen molar-refractivity contribution in [3.05, 3.63) is 39.9 Å².